The van der Waals surface area contributed by atoms with Crippen LogP contribution in [0.15, 0.2) is 24.3 Å². The molecule has 1 aromatic rings. The number of nitrogens with one attached hydrogen (secondary N) is 1. The molecule has 0 aromatic heterocycles. The number of para-hydroxylation sites is 2. The molecule has 6 heteroatoms. The first-order valence-corrected chi connectivity index (χ1v) is 5.82. The molecule has 0 bridgehead atoms. The first-order valence-electron chi connectivity index (χ1n) is 5.82. The summed E-state index contributed by atoms with van der Waals surface area (Å²) in [4.78, 5) is 22.0. The Morgan fingerprint density at radius 2 is 1.95 bits per heavy atom. The quantitative estimate of drug-likeness (QED) is 0.771. The van der Waals surface area contributed by atoms with Crippen molar-refractivity contribution in [2.24, 2.45) is 0 Å². The molecule has 1 atom stereocenters. The lowest BCUT2D eigenvalue weighted by molar-refractivity contribution is -0.141. The van der Waals surface area contributed by atoms with E-state index in [0.29, 0.717) is 11.5 Å². The minimum Gasteiger partial charge on any atom is -0.493 e. The van der Waals surface area contributed by atoms with Gasteiger partial charge in [0, 0.05) is 0 Å². The van der Waals surface area contributed by atoms with E-state index in [4.69, 9.17) is 14.6 Å². The Balaban J connectivity index is 2.38. The zero-order valence-corrected chi connectivity index (χ0v) is 10.9. The number of hydrogen-bond donors (Lipinski definition) is 2. The Kier molecular flexibility index (Phi) is 5.66. The molecule has 1 unspecified atom stereocenters. The normalized spacial score (nSPS) is 11.5. The van der Waals surface area contributed by atoms with Crippen LogP contribution in [0, 0.1) is 0 Å². The lowest BCUT2D eigenvalue weighted by atomic mass is 10.3. The first-order chi connectivity index (χ1) is 9.04. The van der Waals surface area contributed by atoms with E-state index in [9.17, 15) is 9.59 Å². The zero-order chi connectivity index (χ0) is 14.3. The predicted octanol–water partition coefficient (Wildman–Crippen LogP) is 1.05. The van der Waals surface area contributed by atoms with Gasteiger partial charge in [-0.2, -0.15) is 0 Å². The standard InChI is InChI=1S/C13H17NO5/c1-9(13(16)17)14-12(15)7-8-19-11-6-4-3-5-10(11)18-2/h3-6,9H,7-8H2,1-2H3,(H,14,15)(H,16,17). The highest BCUT2D eigenvalue weighted by Crippen LogP contribution is 2.25. The van der Waals surface area contributed by atoms with Crippen molar-refractivity contribution in [3.8, 4) is 11.5 Å². The lowest BCUT2D eigenvalue weighted by Gasteiger charge is -2.11. The smallest absolute Gasteiger partial charge is 0.325 e. The fraction of sp³-hybridized carbons (Fsp3) is 0.385. The van der Waals surface area contributed by atoms with Crippen molar-refractivity contribution in [3.05, 3.63) is 24.3 Å². The van der Waals surface area contributed by atoms with Crippen molar-refractivity contribution in [1.29, 1.82) is 0 Å². The number of hydrogen-bond acceptors (Lipinski definition) is 4. The van der Waals surface area contributed by atoms with E-state index >= 15 is 0 Å². The van der Waals surface area contributed by atoms with Crippen molar-refractivity contribution in [3.63, 3.8) is 0 Å². The third kappa shape index (κ3) is 4.87. The van der Waals surface area contributed by atoms with Gasteiger partial charge in [-0.05, 0) is 19.1 Å². The summed E-state index contributed by atoms with van der Waals surface area (Å²) in [5.41, 5.74) is 0. The van der Waals surface area contributed by atoms with Crippen molar-refractivity contribution < 1.29 is 24.2 Å². The van der Waals surface area contributed by atoms with Crippen LogP contribution in [0.5, 0.6) is 11.5 Å². The Hall–Kier alpha value is -2.24. The summed E-state index contributed by atoms with van der Waals surface area (Å²) in [5, 5.41) is 11.0. The number of carbonyl (C=O) groups excluding carboxylic acids is 1. The van der Waals surface area contributed by atoms with E-state index in [-0.39, 0.29) is 18.9 Å². The summed E-state index contributed by atoms with van der Waals surface area (Å²) >= 11 is 0. The summed E-state index contributed by atoms with van der Waals surface area (Å²) in [7, 11) is 1.53. The molecule has 0 spiro atoms. The Morgan fingerprint density at radius 1 is 1.32 bits per heavy atom. The van der Waals surface area contributed by atoms with Crippen LogP contribution >= 0.6 is 0 Å². The first kappa shape index (κ1) is 14.8. The maximum absolute atomic E-state index is 11.4. The van der Waals surface area contributed by atoms with Gasteiger partial charge in [-0.3, -0.25) is 9.59 Å². The predicted molar refractivity (Wildman–Crippen MR) is 68.3 cm³/mol. The van der Waals surface area contributed by atoms with E-state index in [2.05, 4.69) is 5.32 Å². The second-order valence-corrected chi connectivity index (χ2v) is 3.88. The number of ether oxygens (including phenoxy) is 2. The lowest BCUT2D eigenvalue weighted by Crippen LogP contribution is -2.38. The van der Waals surface area contributed by atoms with Gasteiger partial charge < -0.3 is 19.9 Å². The van der Waals surface area contributed by atoms with E-state index < -0.39 is 12.0 Å². The summed E-state index contributed by atoms with van der Waals surface area (Å²) in [5.74, 6) is -0.310. The molecule has 6 nitrogen and oxygen atoms in total. The van der Waals surface area contributed by atoms with Gasteiger partial charge in [0.2, 0.25) is 5.91 Å². The molecule has 0 aliphatic carbocycles. The number of carbonyl (C=O) groups is 2. The summed E-state index contributed by atoms with van der Waals surface area (Å²) in [6, 6.07) is 6.19. The number of rotatable bonds is 7. The van der Waals surface area contributed by atoms with Crippen LogP contribution in [-0.2, 0) is 9.59 Å². The highest BCUT2D eigenvalue weighted by atomic mass is 16.5. The molecule has 1 aromatic carbocycles. The van der Waals surface area contributed by atoms with Gasteiger partial charge in [0.25, 0.3) is 0 Å². The number of amides is 1. The van der Waals surface area contributed by atoms with Crippen LogP contribution in [0.2, 0.25) is 0 Å². The van der Waals surface area contributed by atoms with E-state index in [1.807, 2.05) is 6.07 Å². The average molecular weight is 267 g/mol. The molecule has 0 radical (unpaired) electrons. The average Bonchev–Trinajstić information content (AvgIpc) is 2.39. The minimum absolute atomic E-state index is 0.0790. The molecule has 1 rings (SSSR count). The number of methoxy groups -OCH3 is 1. The van der Waals surface area contributed by atoms with Gasteiger partial charge >= 0.3 is 5.97 Å². The Bertz CT molecular complexity index is 446. The van der Waals surface area contributed by atoms with Gasteiger partial charge in [0.05, 0.1) is 20.1 Å². The van der Waals surface area contributed by atoms with Crippen LogP contribution in [0.1, 0.15) is 13.3 Å². The molecule has 2 N–H and O–H groups in total. The number of aliphatic carboxylic acids is 1. The molecule has 0 aliphatic heterocycles. The molecule has 19 heavy (non-hydrogen) atoms. The zero-order valence-electron chi connectivity index (χ0n) is 10.9. The SMILES string of the molecule is COc1ccccc1OCCC(=O)NC(C)C(=O)O. The highest BCUT2D eigenvalue weighted by molar-refractivity contribution is 5.83. The fourth-order valence-corrected chi connectivity index (χ4v) is 1.37. The van der Waals surface area contributed by atoms with Gasteiger partial charge in [-0.1, -0.05) is 12.1 Å². The van der Waals surface area contributed by atoms with Crippen molar-refractivity contribution in [2.45, 2.75) is 19.4 Å². The van der Waals surface area contributed by atoms with Crippen LogP contribution < -0.4 is 14.8 Å². The van der Waals surface area contributed by atoms with E-state index in [1.54, 1.807) is 18.2 Å². The van der Waals surface area contributed by atoms with Gasteiger partial charge in [0.15, 0.2) is 11.5 Å². The Morgan fingerprint density at radius 3 is 2.53 bits per heavy atom. The van der Waals surface area contributed by atoms with E-state index in [1.165, 1.54) is 14.0 Å². The fourth-order valence-electron chi connectivity index (χ4n) is 1.37. The van der Waals surface area contributed by atoms with Gasteiger partial charge in [0.1, 0.15) is 6.04 Å². The number of benzene rings is 1. The van der Waals surface area contributed by atoms with E-state index in [0.717, 1.165) is 0 Å². The van der Waals surface area contributed by atoms with Crippen molar-refractivity contribution >= 4 is 11.9 Å². The molecule has 0 heterocycles. The highest BCUT2D eigenvalue weighted by Gasteiger charge is 2.13. The van der Waals surface area contributed by atoms with Crippen LogP contribution in [0.4, 0.5) is 0 Å². The summed E-state index contributed by atoms with van der Waals surface area (Å²) in [6.45, 7) is 1.56. The molecule has 0 fully saturated rings. The monoisotopic (exact) mass is 267 g/mol. The molecule has 0 saturated heterocycles. The summed E-state index contributed by atoms with van der Waals surface area (Å²) < 4.78 is 10.5. The van der Waals surface area contributed by atoms with Crippen LogP contribution in [-0.4, -0.2) is 36.7 Å². The maximum Gasteiger partial charge on any atom is 0.325 e. The molecule has 0 saturated carbocycles. The topological polar surface area (TPSA) is 84.9 Å². The van der Waals surface area contributed by atoms with Gasteiger partial charge in [-0.25, -0.2) is 0 Å². The third-order valence-electron chi connectivity index (χ3n) is 2.40. The van der Waals surface area contributed by atoms with Crippen LogP contribution in [0.3, 0.4) is 0 Å². The van der Waals surface area contributed by atoms with Crippen LogP contribution in [0.25, 0.3) is 0 Å². The maximum atomic E-state index is 11.4. The second kappa shape index (κ2) is 7.25. The largest absolute Gasteiger partial charge is 0.493 e. The number of carboxylic acid groups (broad SMARTS) is 1. The van der Waals surface area contributed by atoms with Gasteiger partial charge in [-0.15, -0.1) is 0 Å². The molecule has 0 aliphatic rings. The third-order valence-corrected chi connectivity index (χ3v) is 2.40. The minimum atomic E-state index is -1.07. The van der Waals surface area contributed by atoms with Crippen molar-refractivity contribution in [1.82, 2.24) is 5.32 Å². The number of carboxylic acids is 1. The second-order valence-electron chi connectivity index (χ2n) is 3.88. The summed E-state index contributed by atoms with van der Waals surface area (Å²) in [6.07, 6.45) is 0.0790. The molecule has 104 valence electrons. The Labute approximate surface area is 111 Å². The molecule has 1 amide bonds. The molecular weight excluding hydrogens is 250 g/mol. The van der Waals surface area contributed by atoms with Crippen molar-refractivity contribution in [2.75, 3.05) is 13.7 Å². The molecular formula is C13H17NO5.